The molecular weight excluding hydrogens is 490 g/mol. The van der Waals surface area contributed by atoms with Crippen molar-refractivity contribution in [3.63, 3.8) is 0 Å². The van der Waals surface area contributed by atoms with Crippen LogP contribution in [0.2, 0.25) is 0 Å². The Balaban J connectivity index is 1.70. The van der Waals surface area contributed by atoms with E-state index in [0.717, 1.165) is 22.0 Å². The van der Waals surface area contributed by atoms with E-state index in [2.05, 4.69) is 20.6 Å². The molecule has 3 unspecified atom stereocenters. The van der Waals surface area contributed by atoms with Crippen LogP contribution in [0.25, 0.3) is 10.9 Å². The monoisotopic (exact) mass is 523 g/mol. The summed E-state index contributed by atoms with van der Waals surface area (Å²) in [6.07, 6.45) is 2.43. The molecule has 12 nitrogen and oxygen atoms in total. The number of hydrogen-bond acceptors (Lipinski definition) is 6. The largest absolute Gasteiger partial charge is 0.508 e. The SMILES string of the molecule is NC(N)=NCCCC(NC(=O)C(N)Cc1ccc(O)cc1)C(=O)NC(Cc1c[nH]c2ccccc12)C(=O)O. The molecule has 0 aliphatic rings. The normalized spacial score (nSPS) is 13.3. The van der Waals surface area contributed by atoms with Crippen molar-refractivity contribution < 1.29 is 24.6 Å². The summed E-state index contributed by atoms with van der Waals surface area (Å²) in [5.41, 5.74) is 19.1. The van der Waals surface area contributed by atoms with Gasteiger partial charge in [-0.05, 0) is 48.6 Å². The minimum atomic E-state index is -1.23. The summed E-state index contributed by atoms with van der Waals surface area (Å²) < 4.78 is 0. The Bertz CT molecular complexity index is 1280. The molecule has 2 amide bonds. The number of phenols is 1. The zero-order valence-corrected chi connectivity index (χ0v) is 20.8. The molecule has 3 rings (SSSR count). The smallest absolute Gasteiger partial charge is 0.326 e. The molecular formula is C26H33N7O5. The average molecular weight is 524 g/mol. The first kappa shape index (κ1) is 28.0. The third-order valence-corrected chi connectivity index (χ3v) is 6.02. The van der Waals surface area contributed by atoms with Gasteiger partial charge < -0.3 is 43.0 Å². The number of hydrogen-bond donors (Lipinski definition) is 8. The summed E-state index contributed by atoms with van der Waals surface area (Å²) in [5, 5.41) is 25.3. The van der Waals surface area contributed by atoms with E-state index >= 15 is 0 Å². The first-order chi connectivity index (χ1) is 18.1. The van der Waals surface area contributed by atoms with Gasteiger partial charge in [-0.15, -0.1) is 0 Å². The molecule has 0 aliphatic heterocycles. The van der Waals surface area contributed by atoms with Crippen molar-refractivity contribution in [2.24, 2.45) is 22.2 Å². The van der Waals surface area contributed by atoms with Gasteiger partial charge in [0.2, 0.25) is 11.8 Å². The van der Waals surface area contributed by atoms with Gasteiger partial charge >= 0.3 is 5.97 Å². The van der Waals surface area contributed by atoms with E-state index in [1.807, 2.05) is 24.3 Å². The summed E-state index contributed by atoms with van der Waals surface area (Å²) in [4.78, 5) is 45.0. The van der Waals surface area contributed by atoms with E-state index < -0.39 is 35.9 Å². The number of fused-ring (bicyclic) bond motifs is 1. The van der Waals surface area contributed by atoms with Gasteiger partial charge in [0.1, 0.15) is 17.8 Å². The number of nitrogens with one attached hydrogen (secondary N) is 3. The maximum absolute atomic E-state index is 13.2. The van der Waals surface area contributed by atoms with Crippen molar-refractivity contribution >= 4 is 34.6 Å². The highest BCUT2D eigenvalue weighted by atomic mass is 16.4. The van der Waals surface area contributed by atoms with E-state index in [0.29, 0.717) is 6.42 Å². The standard InChI is InChI=1S/C26H33N7O5/c27-19(12-15-7-9-17(34)10-8-15)23(35)32-21(6-3-11-30-26(28)29)24(36)33-22(25(37)38)13-16-14-31-20-5-2-1-4-18(16)20/h1-2,4-5,7-10,14,19,21-22,31,34H,3,6,11-13,27H2,(H,32,35)(H,33,36)(H,37,38)(H4,28,29,30). The maximum atomic E-state index is 13.2. The topological polar surface area (TPSA) is 222 Å². The van der Waals surface area contributed by atoms with Crippen molar-refractivity contribution in [2.45, 2.75) is 43.8 Å². The molecule has 1 aromatic heterocycles. The molecule has 11 N–H and O–H groups in total. The molecule has 38 heavy (non-hydrogen) atoms. The molecule has 0 spiro atoms. The van der Waals surface area contributed by atoms with Gasteiger partial charge in [-0.3, -0.25) is 14.6 Å². The molecule has 0 saturated carbocycles. The molecule has 2 aromatic carbocycles. The number of aliphatic carboxylic acids is 1. The van der Waals surface area contributed by atoms with Crippen LogP contribution in [0.1, 0.15) is 24.0 Å². The number of guanidine groups is 1. The van der Waals surface area contributed by atoms with Crippen molar-refractivity contribution in [1.82, 2.24) is 15.6 Å². The Morgan fingerprint density at radius 1 is 0.947 bits per heavy atom. The van der Waals surface area contributed by atoms with Crippen LogP contribution in [-0.4, -0.2) is 63.6 Å². The Labute approximate surface area is 219 Å². The number of aromatic hydroxyl groups is 1. The van der Waals surface area contributed by atoms with Crippen LogP contribution in [0, 0.1) is 0 Å². The Kier molecular flexibility index (Phi) is 9.66. The van der Waals surface area contributed by atoms with Crippen LogP contribution in [0.5, 0.6) is 5.75 Å². The molecule has 202 valence electrons. The minimum absolute atomic E-state index is 0.0418. The van der Waals surface area contributed by atoms with Crippen LogP contribution in [-0.2, 0) is 27.2 Å². The number of aromatic amines is 1. The van der Waals surface area contributed by atoms with E-state index in [-0.39, 0.29) is 37.5 Å². The summed E-state index contributed by atoms with van der Waals surface area (Å²) >= 11 is 0. The molecule has 0 fully saturated rings. The van der Waals surface area contributed by atoms with Gasteiger partial charge in [-0.1, -0.05) is 30.3 Å². The maximum Gasteiger partial charge on any atom is 0.326 e. The van der Waals surface area contributed by atoms with Gasteiger partial charge in [0, 0.05) is 30.1 Å². The van der Waals surface area contributed by atoms with Crippen molar-refractivity contribution in [1.29, 1.82) is 0 Å². The van der Waals surface area contributed by atoms with Gasteiger partial charge in [0.05, 0.1) is 6.04 Å². The predicted molar refractivity (Wildman–Crippen MR) is 143 cm³/mol. The van der Waals surface area contributed by atoms with Crippen LogP contribution < -0.4 is 27.8 Å². The zero-order chi connectivity index (χ0) is 27.7. The van der Waals surface area contributed by atoms with Gasteiger partial charge in [-0.25, -0.2) is 4.79 Å². The van der Waals surface area contributed by atoms with E-state index in [1.165, 1.54) is 12.1 Å². The quantitative estimate of drug-likeness (QED) is 0.0869. The second kappa shape index (κ2) is 13.1. The number of phenolic OH excluding ortho intramolecular Hbond substituents is 1. The first-order valence-electron chi connectivity index (χ1n) is 12.1. The summed E-state index contributed by atoms with van der Waals surface area (Å²) in [6, 6.07) is 10.4. The summed E-state index contributed by atoms with van der Waals surface area (Å²) in [5.74, 6) is -2.46. The molecule has 0 radical (unpaired) electrons. The van der Waals surface area contributed by atoms with Crippen molar-refractivity contribution in [3.8, 4) is 5.75 Å². The van der Waals surface area contributed by atoms with Crippen molar-refractivity contribution in [3.05, 3.63) is 65.9 Å². The first-order valence-corrected chi connectivity index (χ1v) is 12.1. The number of aromatic nitrogens is 1. The van der Waals surface area contributed by atoms with Crippen LogP contribution in [0.4, 0.5) is 0 Å². The Morgan fingerprint density at radius 2 is 1.63 bits per heavy atom. The second-order valence-corrected chi connectivity index (χ2v) is 8.95. The number of amides is 2. The fourth-order valence-corrected chi connectivity index (χ4v) is 4.02. The number of rotatable bonds is 13. The molecule has 0 saturated heterocycles. The third kappa shape index (κ3) is 7.96. The fourth-order valence-electron chi connectivity index (χ4n) is 4.02. The number of H-pyrrole nitrogens is 1. The lowest BCUT2D eigenvalue weighted by Gasteiger charge is -2.23. The van der Waals surface area contributed by atoms with Crippen molar-refractivity contribution in [2.75, 3.05) is 6.54 Å². The van der Waals surface area contributed by atoms with E-state index in [4.69, 9.17) is 17.2 Å². The predicted octanol–water partition coefficient (Wildman–Crippen LogP) is 0.0938. The highest BCUT2D eigenvalue weighted by molar-refractivity contribution is 5.92. The Morgan fingerprint density at radius 3 is 2.32 bits per heavy atom. The number of aliphatic imine (C=N–C) groups is 1. The lowest BCUT2D eigenvalue weighted by molar-refractivity contribution is -0.142. The highest BCUT2D eigenvalue weighted by Crippen LogP contribution is 2.19. The second-order valence-electron chi connectivity index (χ2n) is 8.95. The van der Waals surface area contributed by atoms with Gasteiger partial charge in [0.15, 0.2) is 5.96 Å². The number of carbonyl (C=O) groups excluding carboxylic acids is 2. The minimum Gasteiger partial charge on any atom is -0.508 e. The number of para-hydroxylation sites is 1. The van der Waals surface area contributed by atoms with Crippen LogP contribution >= 0.6 is 0 Å². The van der Waals surface area contributed by atoms with Crippen LogP contribution in [0.15, 0.2) is 59.7 Å². The molecule has 0 bridgehead atoms. The summed E-state index contributed by atoms with van der Waals surface area (Å²) in [6.45, 7) is 0.221. The number of carboxylic acids is 1. The molecule has 1 heterocycles. The molecule has 3 atom stereocenters. The lowest BCUT2D eigenvalue weighted by Crippen LogP contribution is -2.55. The lowest BCUT2D eigenvalue weighted by atomic mass is 10.0. The molecule has 12 heteroatoms. The van der Waals surface area contributed by atoms with Crippen LogP contribution in [0.3, 0.4) is 0 Å². The fraction of sp³-hybridized carbons (Fsp3) is 0.308. The van der Waals surface area contributed by atoms with E-state index in [9.17, 15) is 24.6 Å². The number of benzene rings is 2. The van der Waals surface area contributed by atoms with E-state index in [1.54, 1.807) is 18.3 Å². The highest BCUT2D eigenvalue weighted by Gasteiger charge is 2.28. The molecule has 3 aromatic rings. The number of carboxylic acid groups (broad SMARTS) is 1. The number of nitrogens with two attached hydrogens (primary N) is 3. The average Bonchev–Trinajstić information content (AvgIpc) is 3.29. The van der Waals surface area contributed by atoms with Gasteiger partial charge in [-0.2, -0.15) is 0 Å². The summed E-state index contributed by atoms with van der Waals surface area (Å²) in [7, 11) is 0. The molecule has 0 aliphatic carbocycles. The zero-order valence-electron chi connectivity index (χ0n) is 20.8. The Hall–Kier alpha value is -4.58. The third-order valence-electron chi connectivity index (χ3n) is 6.02. The number of carbonyl (C=O) groups is 3. The van der Waals surface area contributed by atoms with Gasteiger partial charge in [0.25, 0.3) is 0 Å². The number of nitrogens with zero attached hydrogens (tertiary/aromatic N) is 1.